The quantitative estimate of drug-likeness (QED) is 0.902. The second-order valence-corrected chi connectivity index (χ2v) is 5.39. The Kier molecular flexibility index (Phi) is 3.45. The molecule has 0 saturated heterocycles. The third-order valence-corrected chi connectivity index (χ3v) is 3.80. The van der Waals surface area contributed by atoms with Crippen molar-refractivity contribution in [3.05, 3.63) is 78.5 Å². The molecule has 2 aliphatic rings. The number of anilines is 1. The Bertz CT molecular complexity index is 884. The maximum atomic E-state index is 12.7. The monoisotopic (exact) mass is 343 g/mol. The fourth-order valence-corrected chi connectivity index (χ4v) is 2.56. The van der Waals surface area contributed by atoms with Crippen molar-refractivity contribution in [1.82, 2.24) is 20.4 Å². The molecule has 8 heteroatoms. The fourth-order valence-electron chi connectivity index (χ4n) is 2.56. The molecule has 1 aromatic heterocycles. The van der Waals surface area contributed by atoms with Gasteiger partial charge in [0.1, 0.15) is 6.33 Å². The molecule has 2 aliphatic heterocycles. The van der Waals surface area contributed by atoms with Crippen molar-refractivity contribution in [1.29, 1.82) is 0 Å². The van der Waals surface area contributed by atoms with Crippen molar-refractivity contribution in [2.24, 2.45) is 0 Å². The SMILES string of the molecule is FC(F)(F)c1ccc(-c2cc(N3NC=C4C=CC=CN43)ncn2)cc1. The summed E-state index contributed by atoms with van der Waals surface area (Å²) in [5.41, 5.74) is 4.45. The Morgan fingerprint density at radius 1 is 1.00 bits per heavy atom. The summed E-state index contributed by atoms with van der Waals surface area (Å²) < 4.78 is 38.1. The van der Waals surface area contributed by atoms with Gasteiger partial charge in [-0.15, -0.1) is 0 Å². The van der Waals surface area contributed by atoms with E-state index < -0.39 is 11.7 Å². The lowest BCUT2D eigenvalue weighted by atomic mass is 10.1. The molecule has 0 fully saturated rings. The van der Waals surface area contributed by atoms with Crippen LogP contribution in [0.25, 0.3) is 11.3 Å². The van der Waals surface area contributed by atoms with Gasteiger partial charge in [-0.05, 0) is 24.3 Å². The number of aromatic nitrogens is 2. The molecule has 0 atom stereocenters. The first-order valence-electron chi connectivity index (χ1n) is 7.42. The number of nitrogens with zero attached hydrogens (tertiary/aromatic N) is 4. The summed E-state index contributed by atoms with van der Waals surface area (Å²) >= 11 is 0. The van der Waals surface area contributed by atoms with Crippen molar-refractivity contribution >= 4 is 5.82 Å². The molecular weight excluding hydrogens is 331 g/mol. The minimum Gasteiger partial charge on any atom is -0.283 e. The minimum absolute atomic E-state index is 0.533. The van der Waals surface area contributed by atoms with Crippen molar-refractivity contribution in [2.45, 2.75) is 6.18 Å². The van der Waals surface area contributed by atoms with Gasteiger partial charge >= 0.3 is 6.18 Å². The maximum Gasteiger partial charge on any atom is 0.416 e. The zero-order valence-electron chi connectivity index (χ0n) is 12.8. The number of hydrazine groups is 2. The Labute approximate surface area is 141 Å². The van der Waals surface area contributed by atoms with Crippen molar-refractivity contribution in [3.63, 3.8) is 0 Å². The van der Waals surface area contributed by atoms with Crippen LogP contribution >= 0.6 is 0 Å². The van der Waals surface area contributed by atoms with E-state index in [2.05, 4.69) is 15.4 Å². The van der Waals surface area contributed by atoms with Crippen LogP contribution in [0.5, 0.6) is 0 Å². The number of hydrogen-bond donors (Lipinski definition) is 1. The number of fused-ring (bicyclic) bond motifs is 1. The smallest absolute Gasteiger partial charge is 0.283 e. The van der Waals surface area contributed by atoms with Crippen molar-refractivity contribution in [3.8, 4) is 11.3 Å². The van der Waals surface area contributed by atoms with Gasteiger partial charge in [-0.25, -0.2) is 15.0 Å². The molecule has 25 heavy (non-hydrogen) atoms. The van der Waals surface area contributed by atoms with Gasteiger partial charge in [0.25, 0.3) is 0 Å². The van der Waals surface area contributed by atoms with E-state index in [1.165, 1.54) is 18.5 Å². The number of benzene rings is 1. The van der Waals surface area contributed by atoms with E-state index in [0.717, 1.165) is 17.8 Å². The van der Waals surface area contributed by atoms with Crippen LogP contribution in [0, 0.1) is 0 Å². The highest BCUT2D eigenvalue weighted by Crippen LogP contribution is 2.31. The Balaban J connectivity index is 1.62. The van der Waals surface area contributed by atoms with Gasteiger partial charge in [0.2, 0.25) is 0 Å². The average molecular weight is 343 g/mol. The lowest BCUT2D eigenvalue weighted by Gasteiger charge is -2.29. The van der Waals surface area contributed by atoms with Crippen LogP contribution in [0.15, 0.2) is 73.0 Å². The minimum atomic E-state index is -4.36. The van der Waals surface area contributed by atoms with Gasteiger partial charge < -0.3 is 0 Å². The summed E-state index contributed by atoms with van der Waals surface area (Å²) in [6, 6.07) is 6.60. The summed E-state index contributed by atoms with van der Waals surface area (Å²) in [5, 5.41) is 3.57. The zero-order valence-corrected chi connectivity index (χ0v) is 12.8. The first kappa shape index (κ1) is 15.3. The van der Waals surface area contributed by atoms with Gasteiger partial charge in [-0.1, -0.05) is 18.2 Å². The number of rotatable bonds is 2. The van der Waals surface area contributed by atoms with Crippen LogP contribution in [0.3, 0.4) is 0 Å². The Morgan fingerprint density at radius 3 is 2.56 bits per heavy atom. The number of alkyl halides is 3. The van der Waals surface area contributed by atoms with Gasteiger partial charge in [-0.2, -0.15) is 18.3 Å². The van der Waals surface area contributed by atoms with Crippen molar-refractivity contribution in [2.75, 3.05) is 5.12 Å². The second-order valence-electron chi connectivity index (χ2n) is 5.39. The highest BCUT2D eigenvalue weighted by molar-refractivity contribution is 5.63. The van der Waals surface area contributed by atoms with Crippen molar-refractivity contribution < 1.29 is 13.2 Å². The fraction of sp³-hybridized carbons (Fsp3) is 0.0588. The van der Waals surface area contributed by atoms with Crippen LogP contribution in [0.2, 0.25) is 0 Å². The lowest BCUT2D eigenvalue weighted by Crippen LogP contribution is -2.40. The Hall–Kier alpha value is -3.29. The molecule has 0 bridgehead atoms. The number of allylic oxidation sites excluding steroid dienone is 3. The molecule has 4 rings (SSSR count). The maximum absolute atomic E-state index is 12.7. The summed E-state index contributed by atoms with van der Waals surface area (Å²) in [4.78, 5) is 8.40. The standard InChI is InChI=1S/C17H12F3N5/c18-17(19,20)13-6-4-12(5-7-13)15-9-16(22-11-21-15)25-23-10-14-3-1-2-8-24(14)25/h1-11,23H. The van der Waals surface area contributed by atoms with E-state index in [-0.39, 0.29) is 0 Å². The topological polar surface area (TPSA) is 44.3 Å². The molecular formula is C17H12F3N5. The number of nitrogens with one attached hydrogen (secondary N) is 1. The first-order chi connectivity index (χ1) is 12.0. The lowest BCUT2D eigenvalue weighted by molar-refractivity contribution is -0.137. The van der Waals surface area contributed by atoms with E-state index >= 15 is 0 Å². The second kappa shape index (κ2) is 5.66. The molecule has 3 heterocycles. The predicted molar refractivity (Wildman–Crippen MR) is 86.3 cm³/mol. The molecule has 0 unspecified atom stereocenters. The molecule has 0 spiro atoms. The molecule has 0 amide bonds. The van der Waals surface area contributed by atoms with Gasteiger partial charge in [0.05, 0.1) is 17.0 Å². The van der Waals surface area contributed by atoms with Crippen LogP contribution in [0.1, 0.15) is 5.56 Å². The van der Waals surface area contributed by atoms with E-state index in [0.29, 0.717) is 17.1 Å². The molecule has 2 aromatic rings. The highest BCUT2D eigenvalue weighted by atomic mass is 19.4. The largest absolute Gasteiger partial charge is 0.416 e. The highest BCUT2D eigenvalue weighted by Gasteiger charge is 2.30. The van der Waals surface area contributed by atoms with Crippen LogP contribution < -0.4 is 10.5 Å². The molecule has 0 saturated carbocycles. The average Bonchev–Trinajstić information content (AvgIpc) is 3.05. The zero-order chi connectivity index (χ0) is 17.4. The number of hydrogen-bond acceptors (Lipinski definition) is 5. The van der Waals surface area contributed by atoms with E-state index in [4.69, 9.17) is 0 Å². The van der Waals surface area contributed by atoms with Crippen LogP contribution in [-0.2, 0) is 6.18 Å². The van der Waals surface area contributed by atoms with Gasteiger partial charge in [0.15, 0.2) is 5.82 Å². The van der Waals surface area contributed by atoms with E-state index in [9.17, 15) is 13.2 Å². The number of halogens is 3. The summed E-state index contributed by atoms with van der Waals surface area (Å²) in [6.07, 6.45) is 6.45. The summed E-state index contributed by atoms with van der Waals surface area (Å²) in [6.45, 7) is 0. The third-order valence-electron chi connectivity index (χ3n) is 3.80. The van der Waals surface area contributed by atoms with E-state index in [1.807, 2.05) is 35.6 Å². The molecule has 0 aliphatic carbocycles. The predicted octanol–water partition coefficient (Wildman–Crippen LogP) is 3.63. The van der Waals surface area contributed by atoms with Crippen LogP contribution in [-0.4, -0.2) is 15.0 Å². The third kappa shape index (κ3) is 2.82. The van der Waals surface area contributed by atoms with Crippen LogP contribution in [0.4, 0.5) is 19.0 Å². The molecule has 126 valence electrons. The molecule has 1 aromatic carbocycles. The molecule has 0 radical (unpaired) electrons. The summed E-state index contributed by atoms with van der Waals surface area (Å²) in [7, 11) is 0. The first-order valence-corrected chi connectivity index (χ1v) is 7.42. The van der Waals surface area contributed by atoms with Gasteiger partial charge in [-0.3, -0.25) is 5.43 Å². The van der Waals surface area contributed by atoms with Gasteiger partial charge in [0, 0.05) is 24.0 Å². The Morgan fingerprint density at radius 2 is 1.80 bits per heavy atom. The molecule has 5 nitrogen and oxygen atoms in total. The summed E-state index contributed by atoms with van der Waals surface area (Å²) in [5.74, 6) is 0.566. The van der Waals surface area contributed by atoms with E-state index in [1.54, 1.807) is 11.2 Å². The molecule has 1 N–H and O–H groups in total. The normalized spacial score (nSPS) is 15.9.